The zero-order valence-electron chi connectivity index (χ0n) is 6.14. The van der Waals surface area contributed by atoms with Crippen LogP contribution in [0.25, 0.3) is 0 Å². The van der Waals surface area contributed by atoms with E-state index in [-0.39, 0.29) is 29.6 Å². The van der Waals surface area contributed by atoms with Gasteiger partial charge in [0.25, 0.3) is 0 Å². The molecule has 1 fully saturated rings. The molecule has 58 valence electrons. The number of guanidine groups is 1. The first kappa shape index (κ1) is 9.36. The Morgan fingerprint density at radius 3 is 2.91 bits per heavy atom. The van der Waals surface area contributed by atoms with Crippen LogP contribution in [0.5, 0.6) is 0 Å². The number of hydrogen-bond acceptors (Lipinski definition) is 3. The predicted octanol–water partition coefficient (Wildman–Crippen LogP) is -0.607. The van der Waals surface area contributed by atoms with Gasteiger partial charge in [-0.15, -0.1) is 0 Å². The molecule has 0 aliphatic carbocycles. The van der Waals surface area contributed by atoms with Crippen molar-refractivity contribution in [2.75, 3.05) is 26.2 Å². The summed E-state index contributed by atoms with van der Waals surface area (Å²) >= 11 is 0. The van der Waals surface area contributed by atoms with Crippen molar-refractivity contribution in [2.45, 2.75) is 12.8 Å². The van der Waals surface area contributed by atoms with Gasteiger partial charge in [-0.2, -0.15) is 0 Å². The molecule has 1 saturated heterocycles. The topological polar surface area (TPSA) is 27.6 Å². The fourth-order valence-electron chi connectivity index (χ4n) is 1.51. The van der Waals surface area contributed by atoms with E-state index < -0.39 is 0 Å². The first-order valence-corrected chi connectivity index (χ1v) is 4.00. The van der Waals surface area contributed by atoms with Gasteiger partial charge < -0.3 is 10.2 Å². The molecule has 0 radical (unpaired) electrons. The van der Waals surface area contributed by atoms with Crippen LogP contribution < -0.4 is 5.32 Å². The van der Waals surface area contributed by atoms with Crippen molar-refractivity contribution in [3.05, 3.63) is 0 Å². The molecule has 2 heterocycles. The molecule has 3 nitrogen and oxygen atoms in total. The third-order valence-corrected chi connectivity index (χ3v) is 2.04. The summed E-state index contributed by atoms with van der Waals surface area (Å²) < 4.78 is 0. The minimum atomic E-state index is 0. The summed E-state index contributed by atoms with van der Waals surface area (Å²) in [6.07, 6.45) is 2.49. The van der Waals surface area contributed by atoms with Crippen molar-refractivity contribution in [2.24, 2.45) is 4.99 Å². The van der Waals surface area contributed by atoms with Crippen LogP contribution in [0, 0.1) is 0 Å². The van der Waals surface area contributed by atoms with Crippen LogP contribution in [-0.4, -0.2) is 66.6 Å². The quantitative estimate of drug-likeness (QED) is 0.483. The molecule has 2 rings (SSSR count). The molecule has 0 amide bonds. The predicted molar refractivity (Wildman–Crippen MR) is 48.3 cm³/mol. The Bertz CT molecular complexity index is 158. The monoisotopic (exact) mass is 163 g/mol. The van der Waals surface area contributed by atoms with Crippen molar-refractivity contribution in [3.8, 4) is 0 Å². The van der Waals surface area contributed by atoms with Gasteiger partial charge in [0.1, 0.15) is 0 Å². The van der Waals surface area contributed by atoms with Gasteiger partial charge in [-0.1, -0.05) is 0 Å². The van der Waals surface area contributed by atoms with Crippen molar-refractivity contribution >= 4 is 35.5 Å². The number of nitrogens with zero attached hydrogens (tertiary/aromatic N) is 2. The third-order valence-electron chi connectivity index (χ3n) is 2.04. The average molecular weight is 163 g/mol. The maximum atomic E-state index is 4.38. The molecule has 0 aromatic heterocycles. The molecule has 0 bridgehead atoms. The normalized spacial score (nSPS) is 22.5. The molecular formula is C7H14N3Na. The molecule has 0 aromatic carbocycles. The van der Waals surface area contributed by atoms with E-state index in [1.807, 2.05) is 0 Å². The third kappa shape index (κ3) is 2.10. The Balaban J connectivity index is 0.000000605. The summed E-state index contributed by atoms with van der Waals surface area (Å²) in [5.74, 6) is 1.14. The van der Waals surface area contributed by atoms with E-state index >= 15 is 0 Å². The van der Waals surface area contributed by atoms with Crippen LogP contribution in [0.3, 0.4) is 0 Å². The second kappa shape index (κ2) is 4.33. The summed E-state index contributed by atoms with van der Waals surface area (Å²) in [6, 6.07) is 0. The first-order valence-electron chi connectivity index (χ1n) is 4.00. The molecule has 0 aromatic rings. The Hall–Kier alpha value is 0.270. The molecule has 0 spiro atoms. The van der Waals surface area contributed by atoms with E-state index in [1.54, 1.807) is 0 Å². The average Bonchev–Trinajstić information content (AvgIpc) is 2.05. The Morgan fingerprint density at radius 1 is 1.27 bits per heavy atom. The molecule has 2 aliphatic rings. The van der Waals surface area contributed by atoms with Gasteiger partial charge in [-0.05, 0) is 12.8 Å². The van der Waals surface area contributed by atoms with Gasteiger partial charge in [0.2, 0.25) is 0 Å². The van der Waals surface area contributed by atoms with Gasteiger partial charge in [0, 0.05) is 26.2 Å². The van der Waals surface area contributed by atoms with E-state index in [9.17, 15) is 0 Å². The molecule has 2 aliphatic heterocycles. The molecule has 0 saturated carbocycles. The summed E-state index contributed by atoms with van der Waals surface area (Å²) in [6.45, 7) is 4.52. The van der Waals surface area contributed by atoms with Crippen LogP contribution in [0.1, 0.15) is 12.8 Å². The number of hydrogen-bond donors (Lipinski definition) is 1. The summed E-state index contributed by atoms with van der Waals surface area (Å²) in [7, 11) is 0. The van der Waals surface area contributed by atoms with E-state index in [4.69, 9.17) is 0 Å². The van der Waals surface area contributed by atoms with Crippen molar-refractivity contribution < 1.29 is 0 Å². The zero-order chi connectivity index (χ0) is 6.81. The molecule has 0 unspecified atom stereocenters. The van der Waals surface area contributed by atoms with Crippen LogP contribution in [0.4, 0.5) is 0 Å². The van der Waals surface area contributed by atoms with Gasteiger partial charge in [0.15, 0.2) is 5.96 Å². The first-order chi connectivity index (χ1) is 4.97. The van der Waals surface area contributed by atoms with Crippen LogP contribution >= 0.6 is 0 Å². The number of aliphatic imine (C=N–C) groups is 1. The number of fused-ring (bicyclic) bond motifs is 1. The van der Waals surface area contributed by atoms with Crippen molar-refractivity contribution in [1.29, 1.82) is 0 Å². The number of nitrogens with one attached hydrogen (secondary N) is 1. The zero-order valence-corrected chi connectivity index (χ0v) is 6.14. The summed E-state index contributed by atoms with van der Waals surface area (Å²) in [5.41, 5.74) is 0. The van der Waals surface area contributed by atoms with E-state index in [1.165, 1.54) is 25.9 Å². The van der Waals surface area contributed by atoms with Crippen molar-refractivity contribution in [3.63, 3.8) is 0 Å². The molecule has 11 heavy (non-hydrogen) atoms. The van der Waals surface area contributed by atoms with Crippen molar-refractivity contribution in [1.82, 2.24) is 10.2 Å². The van der Waals surface area contributed by atoms with Crippen LogP contribution in [-0.2, 0) is 0 Å². The number of rotatable bonds is 0. The molecule has 4 heteroatoms. The van der Waals surface area contributed by atoms with Gasteiger partial charge in [-0.3, -0.25) is 4.99 Å². The molecular weight excluding hydrogens is 149 g/mol. The SMILES string of the molecule is C1CN=C2NCCCN2C1.[NaH]. The van der Waals surface area contributed by atoms with Gasteiger partial charge in [0.05, 0.1) is 0 Å². The Kier molecular flexibility index (Phi) is 3.69. The van der Waals surface area contributed by atoms with Crippen LogP contribution in [0.15, 0.2) is 4.99 Å². The van der Waals surface area contributed by atoms with Gasteiger partial charge >= 0.3 is 29.6 Å². The van der Waals surface area contributed by atoms with E-state index in [2.05, 4.69) is 15.2 Å². The fraction of sp³-hybridized carbons (Fsp3) is 0.857. The standard InChI is InChI=1S/C7H13N3.Na.H/c1-3-8-7-9-4-2-6-10(7)5-1;;/h1-6H2,(H,8,9);;. The summed E-state index contributed by atoms with van der Waals surface area (Å²) in [4.78, 5) is 6.72. The second-order valence-corrected chi connectivity index (χ2v) is 2.83. The molecule has 0 atom stereocenters. The minimum absolute atomic E-state index is 0. The molecule has 1 N–H and O–H groups in total. The van der Waals surface area contributed by atoms with Gasteiger partial charge in [-0.25, -0.2) is 0 Å². The Labute approximate surface area is 89.5 Å². The maximum absolute atomic E-state index is 4.38. The summed E-state index contributed by atoms with van der Waals surface area (Å²) in [5, 5.41) is 3.30. The Morgan fingerprint density at radius 2 is 2.09 bits per heavy atom. The van der Waals surface area contributed by atoms with E-state index in [0.717, 1.165) is 19.0 Å². The fourth-order valence-corrected chi connectivity index (χ4v) is 1.51. The second-order valence-electron chi connectivity index (χ2n) is 2.83. The van der Waals surface area contributed by atoms with E-state index in [0.29, 0.717) is 0 Å². The van der Waals surface area contributed by atoms with Crippen LogP contribution in [0.2, 0.25) is 0 Å².